The molecule has 10 rings (SSSR count). The average molecular weight is 393 g/mol. The van der Waals surface area contributed by atoms with Gasteiger partial charge in [0, 0.05) is 10.3 Å². The number of carbonyl (C=O) groups is 2. The fourth-order valence-electron chi connectivity index (χ4n) is 10.3. The van der Waals surface area contributed by atoms with Crippen molar-refractivity contribution in [3.05, 3.63) is 27.5 Å². The van der Waals surface area contributed by atoms with E-state index in [9.17, 15) is 9.59 Å². The SMILES string of the molecule is CC1=C2C(=O)OC(=O)[C@@H]2[C@@]2(c3sccc31)C1CC3C4CC5CC3[C@H]2[C@H](C5)[C@H]4C1. The van der Waals surface area contributed by atoms with E-state index in [1.165, 1.54) is 42.5 Å². The molecule has 8 aliphatic carbocycles. The fraction of sp³-hybridized carbons (Fsp3) is 0.667. The summed E-state index contributed by atoms with van der Waals surface area (Å²) in [7, 11) is 0. The van der Waals surface area contributed by atoms with Gasteiger partial charge in [0.2, 0.25) is 0 Å². The highest BCUT2D eigenvalue weighted by Gasteiger charge is 2.76. The molecule has 4 heteroatoms. The minimum atomic E-state index is -0.356. The van der Waals surface area contributed by atoms with Crippen molar-refractivity contribution in [2.24, 2.45) is 53.3 Å². The van der Waals surface area contributed by atoms with E-state index in [-0.39, 0.29) is 23.3 Å². The minimum absolute atomic E-state index is 0.156. The number of esters is 2. The smallest absolute Gasteiger partial charge is 0.342 e. The van der Waals surface area contributed by atoms with Crippen LogP contribution in [0, 0.1) is 53.3 Å². The molecule has 28 heavy (non-hydrogen) atoms. The summed E-state index contributed by atoms with van der Waals surface area (Å²) in [5.74, 6) is 5.42. The molecule has 5 unspecified atom stereocenters. The monoisotopic (exact) mass is 392 g/mol. The van der Waals surface area contributed by atoms with Gasteiger partial charge in [0.05, 0.1) is 5.57 Å². The largest absolute Gasteiger partial charge is 0.389 e. The van der Waals surface area contributed by atoms with Crippen molar-refractivity contribution in [3.8, 4) is 0 Å². The second-order valence-electron chi connectivity index (χ2n) is 10.9. The summed E-state index contributed by atoms with van der Waals surface area (Å²) < 4.78 is 5.33. The Morgan fingerprint density at radius 1 is 1.00 bits per heavy atom. The van der Waals surface area contributed by atoms with Gasteiger partial charge in [-0.3, -0.25) is 4.79 Å². The van der Waals surface area contributed by atoms with Gasteiger partial charge >= 0.3 is 11.9 Å². The molecule has 1 spiro atoms. The molecule has 9 aliphatic rings. The van der Waals surface area contributed by atoms with Crippen molar-refractivity contribution in [2.75, 3.05) is 0 Å². The topological polar surface area (TPSA) is 43.4 Å². The van der Waals surface area contributed by atoms with E-state index in [1.807, 2.05) is 18.3 Å². The molecule has 7 saturated carbocycles. The molecule has 8 fully saturated rings. The van der Waals surface area contributed by atoms with Crippen molar-refractivity contribution in [3.63, 3.8) is 0 Å². The lowest BCUT2D eigenvalue weighted by Gasteiger charge is -2.76. The Balaban J connectivity index is 1.45. The summed E-state index contributed by atoms with van der Waals surface area (Å²) in [6, 6.07) is 2.20. The molecule has 3 nitrogen and oxygen atoms in total. The summed E-state index contributed by atoms with van der Waals surface area (Å²) in [6.07, 6.45) is 6.79. The van der Waals surface area contributed by atoms with Gasteiger partial charge in [-0.15, -0.1) is 11.3 Å². The summed E-state index contributed by atoms with van der Waals surface area (Å²) >= 11 is 1.86. The third-order valence-corrected chi connectivity index (χ3v) is 11.6. The van der Waals surface area contributed by atoms with Crippen molar-refractivity contribution in [1.82, 2.24) is 0 Å². The predicted octanol–water partition coefficient (Wildman–Crippen LogP) is 4.42. The van der Waals surface area contributed by atoms with Gasteiger partial charge in [-0.1, -0.05) is 0 Å². The van der Waals surface area contributed by atoms with Gasteiger partial charge in [0.25, 0.3) is 0 Å². The molecule has 0 amide bonds. The summed E-state index contributed by atoms with van der Waals surface area (Å²) in [5.41, 5.74) is 2.81. The number of carbonyl (C=O) groups excluding carboxylic acids is 2. The molecule has 8 bridgehead atoms. The molecule has 1 saturated heterocycles. The molecule has 1 aliphatic heterocycles. The summed E-state index contributed by atoms with van der Waals surface area (Å²) in [4.78, 5) is 27.4. The maximum atomic E-state index is 13.2. The number of hydrogen-bond donors (Lipinski definition) is 0. The normalized spacial score (nSPS) is 54.0. The molecule has 1 aromatic heterocycles. The van der Waals surface area contributed by atoms with E-state index in [0.717, 1.165) is 41.1 Å². The highest BCUT2D eigenvalue weighted by molar-refractivity contribution is 7.10. The van der Waals surface area contributed by atoms with Crippen molar-refractivity contribution in [1.29, 1.82) is 0 Å². The number of fused-ring (bicyclic) bond motifs is 2. The molecule has 144 valence electrons. The lowest BCUT2D eigenvalue weighted by atomic mass is 9.28. The minimum Gasteiger partial charge on any atom is -0.389 e. The van der Waals surface area contributed by atoms with Gasteiger partial charge in [-0.25, -0.2) is 4.79 Å². The maximum Gasteiger partial charge on any atom is 0.342 e. The van der Waals surface area contributed by atoms with E-state index in [2.05, 4.69) is 11.4 Å². The molecular formula is C24H24O3S. The number of cyclic esters (lactones) is 2. The molecule has 1 aromatic rings. The first-order valence-corrected chi connectivity index (χ1v) is 12.0. The van der Waals surface area contributed by atoms with Gasteiger partial charge < -0.3 is 4.74 Å². The third-order valence-electron chi connectivity index (χ3n) is 10.6. The lowest BCUT2D eigenvalue weighted by Crippen LogP contribution is -2.72. The Bertz CT molecular complexity index is 995. The van der Waals surface area contributed by atoms with Crippen LogP contribution < -0.4 is 0 Å². The molecule has 0 radical (unpaired) electrons. The Morgan fingerprint density at radius 2 is 1.68 bits per heavy atom. The summed E-state index contributed by atoms with van der Waals surface area (Å²) in [5, 5.41) is 2.20. The second-order valence-corrected chi connectivity index (χ2v) is 11.8. The zero-order valence-electron chi connectivity index (χ0n) is 16.0. The molecule has 0 aromatic carbocycles. The average Bonchev–Trinajstić information content (AvgIpc) is 3.29. The highest BCUT2D eigenvalue weighted by atomic mass is 32.1. The van der Waals surface area contributed by atoms with E-state index in [0.29, 0.717) is 17.4 Å². The van der Waals surface area contributed by atoms with Crippen LogP contribution in [-0.2, 0) is 19.7 Å². The van der Waals surface area contributed by atoms with E-state index in [1.54, 1.807) is 0 Å². The highest BCUT2D eigenvalue weighted by Crippen LogP contribution is 2.79. The quantitative estimate of drug-likeness (QED) is 0.485. The Hall–Kier alpha value is -1.42. The van der Waals surface area contributed by atoms with Crippen LogP contribution in [0.3, 0.4) is 0 Å². The van der Waals surface area contributed by atoms with Crippen LogP contribution in [0.15, 0.2) is 17.0 Å². The van der Waals surface area contributed by atoms with Crippen LogP contribution in [0.25, 0.3) is 5.57 Å². The number of ether oxygens (including phenoxy) is 1. The number of allylic oxidation sites excluding steroid dienone is 1. The molecular weight excluding hydrogens is 368 g/mol. The van der Waals surface area contributed by atoms with Gasteiger partial charge in [-0.2, -0.15) is 0 Å². The van der Waals surface area contributed by atoms with Crippen LogP contribution in [-0.4, -0.2) is 11.9 Å². The van der Waals surface area contributed by atoms with E-state index in [4.69, 9.17) is 4.74 Å². The standard InChI is InChI=1S/C24H24O3S/c1-9-12-2-3-28-21(12)24(20-18(9)22(25)27-23(20)26)11-7-14-13-4-10-5-16(14)19(24)17(6-10)15(13)8-11/h2-3,10-11,13-17,19-20H,4-8H2,1H3/t10?,11?,13?,14-,15?,16+,17?,19+,20+,24+/m0/s1. The number of hydrogen-bond acceptors (Lipinski definition) is 4. The molecule has 0 N–H and O–H groups in total. The third kappa shape index (κ3) is 1.35. The fourth-order valence-corrected chi connectivity index (χ4v) is 11.6. The van der Waals surface area contributed by atoms with Crippen molar-refractivity contribution < 1.29 is 14.3 Å². The van der Waals surface area contributed by atoms with E-state index < -0.39 is 0 Å². The Labute approximate surface area is 168 Å². The predicted molar refractivity (Wildman–Crippen MR) is 104 cm³/mol. The van der Waals surface area contributed by atoms with Crippen LogP contribution in [0.5, 0.6) is 0 Å². The van der Waals surface area contributed by atoms with Crippen molar-refractivity contribution in [2.45, 2.75) is 44.4 Å². The first kappa shape index (κ1) is 15.4. The number of thiophene rings is 1. The lowest BCUT2D eigenvalue weighted by molar-refractivity contribution is -0.248. The van der Waals surface area contributed by atoms with Gasteiger partial charge in [0.1, 0.15) is 5.92 Å². The van der Waals surface area contributed by atoms with Crippen molar-refractivity contribution >= 4 is 28.8 Å². The first-order chi connectivity index (χ1) is 13.6. The van der Waals surface area contributed by atoms with Gasteiger partial charge in [0.15, 0.2) is 0 Å². The van der Waals surface area contributed by atoms with Crippen LogP contribution in [0.4, 0.5) is 0 Å². The second kappa shape index (κ2) is 4.50. The Morgan fingerprint density at radius 3 is 2.43 bits per heavy atom. The maximum absolute atomic E-state index is 13.2. The van der Waals surface area contributed by atoms with Crippen LogP contribution >= 0.6 is 11.3 Å². The van der Waals surface area contributed by atoms with Gasteiger partial charge in [-0.05, 0) is 109 Å². The zero-order chi connectivity index (χ0) is 18.5. The van der Waals surface area contributed by atoms with Crippen LogP contribution in [0.1, 0.15) is 49.5 Å². The zero-order valence-corrected chi connectivity index (χ0v) is 16.8. The summed E-state index contributed by atoms with van der Waals surface area (Å²) in [6.45, 7) is 2.03. The Kier molecular flexibility index (Phi) is 2.48. The van der Waals surface area contributed by atoms with Crippen LogP contribution in [0.2, 0.25) is 0 Å². The molecule has 2 heterocycles. The number of rotatable bonds is 0. The van der Waals surface area contributed by atoms with E-state index >= 15 is 0 Å². The first-order valence-electron chi connectivity index (χ1n) is 11.2. The molecule has 10 atom stereocenters.